The Kier molecular flexibility index (Phi) is 4.86. The number of benzene rings is 1. The predicted octanol–water partition coefficient (Wildman–Crippen LogP) is 1.80. The van der Waals surface area contributed by atoms with E-state index in [-0.39, 0.29) is 0 Å². The monoisotopic (exact) mass is 313 g/mol. The highest BCUT2D eigenvalue weighted by atomic mass is 79.9. The molecule has 1 fully saturated rings. The molecule has 0 atom stereocenters. The zero-order valence-corrected chi connectivity index (χ0v) is 12.3. The van der Waals surface area contributed by atoms with Gasteiger partial charge in [-0.1, -0.05) is 15.9 Å². The fraction of sp³-hybridized carbons (Fsp3) is 0.538. The molecule has 100 valence electrons. The van der Waals surface area contributed by atoms with Crippen molar-refractivity contribution in [3.8, 4) is 0 Å². The summed E-state index contributed by atoms with van der Waals surface area (Å²) < 4.78 is 6.36. The van der Waals surface area contributed by atoms with Gasteiger partial charge in [0, 0.05) is 37.7 Å². The van der Waals surface area contributed by atoms with Gasteiger partial charge in [-0.15, -0.1) is 0 Å². The lowest BCUT2D eigenvalue weighted by Gasteiger charge is -2.29. The normalized spacial score (nSPS) is 16.8. The highest BCUT2D eigenvalue weighted by Crippen LogP contribution is 2.25. The van der Waals surface area contributed by atoms with Crippen LogP contribution in [0.3, 0.4) is 0 Å². The van der Waals surface area contributed by atoms with E-state index in [0.29, 0.717) is 0 Å². The van der Waals surface area contributed by atoms with Crippen LogP contribution in [0, 0.1) is 0 Å². The zero-order chi connectivity index (χ0) is 13.0. The molecule has 0 spiro atoms. The summed E-state index contributed by atoms with van der Waals surface area (Å²) in [6, 6.07) is 6.02. The number of hydrogen-bond donors (Lipinski definition) is 1. The Hall–Kier alpha value is -0.780. The third-order valence-corrected chi connectivity index (χ3v) is 3.75. The Balaban J connectivity index is 1.88. The molecule has 0 bridgehead atoms. The Morgan fingerprint density at radius 1 is 1.39 bits per heavy atom. The molecule has 0 aromatic heterocycles. The number of hydrogen-bond acceptors (Lipinski definition) is 4. The minimum atomic E-state index is 0.814. The van der Waals surface area contributed by atoms with E-state index in [1.807, 2.05) is 12.1 Å². The molecular formula is C13H20BrN3O. The van der Waals surface area contributed by atoms with Crippen LogP contribution in [0.25, 0.3) is 0 Å². The maximum atomic E-state index is 6.03. The zero-order valence-electron chi connectivity index (χ0n) is 10.7. The first-order chi connectivity index (χ1) is 8.66. The van der Waals surface area contributed by atoms with Crippen LogP contribution in [-0.2, 0) is 4.74 Å². The Bertz CT molecular complexity index is 394. The summed E-state index contributed by atoms with van der Waals surface area (Å²) in [6.07, 6.45) is 0. The van der Waals surface area contributed by atoms with Crippen molar-refractivity contribution in [3.05, 3.63) is 22.7 Å². The lowest BCUT2D eigenvalue weighted by atomic mass is 10.2. The van der Waals surface area contributed by atoms with E-state index in [9.17, 15) is 0 Å². The molecule has 0 saturated carbocycles. The van der Waals surface area contributed by atoms with Crippen molar-refractivity contribution in [2.45, 2.75) is 0 Å². The molecule has 5 heteroatoms. The van der Waals surface area contributed by atoms with Gasteiger partial charge >= 0.3 is 0 Å². The van der Waals surface area contributed by atoms with E-state index in [0.717, 1.165) is 55.2 Å². The number of halogens is 1. The third-order valence-electron chi connectivity index (χ3n) is 3.26. The number of nitrogen functional groups attached to an aromatic ring is 1. The van der Waals surface area contributed by atoms with Crippen molar-refractivity contribution in [3.63, 3.8) is 0 Å². The Labute approximate surface area is 117 Å². The molecule has 1 aromatic rings. The van der Waals surface area contributed by atoms with Crippen molar-refractivity contribution in [1.29, 1.82) is 0 Å². The van der Waals surface area contributed by atoms with E-state index in [4.69, 9.17) is 10.5 Å². The van der Waals surface area contributed by atoms with Gasteiger partial charge in [0.1, 0.15) is 0 Å². The van der Waals surface area contributed by atoms with Gasteiger partial charge < -0.3 is 15.4 Å². The van der Waals surface area contributed by atoms with Crippen LogP contribution in [-0.4, -0.2) is 51.3 Å². The number of ether oxygens (including phenoxy) is 1. The SMILES string of the molecule is CN(CCN1CCOCC1)c1ccc(Br)cc1N. The van der Waals surface area contributed by atoms with E-state index in [2.05, 4.69) is 38.8 Å². The molecule has 2 rings (SSSR count). The molecule has 0 aliphatic carbocycles. The number of likely N-dealkylation sites (N-methyl/N-ethyl adjacent to an activating group) is 1. The van der Waals surface area contributed by atoms with Crippen molar-refractivity contribution < 1.29 is 4.74 Å². The van der Waals surface area contributed by atoms with Crippen LogP contribution >= 0.6 is 15.9 Å². The number of anilines is 2. The van der Waals surface area contributed by atoms with Crippen LogP contribution in [0.2, 0.25) is 0 Å². The number of nitrogens with two attached hydrogens (primary N) is 1. The first kappa shape index (κ1) is 13.6. The maximum Gasteiger partial charge on any atom is 0.0598 e. The molecule has 0 unspecified atom stereocenters. The van der Waals surface area contributed by atoms with Gasteiger partial charge in [0.15, 0.2) is 0 Å². The van der Waals surface area contributed by atoms with Crippen LogP contribution < -0.4 is 10.6 Å². The number of morpholine rings is 1. The number of rotatable bonds is 4. The molecule has 0 radical (unpaired) electrons. The number of nitrogens with zero attached hydrogens (tertiary/aromatic N) is 2. The van der Waals surface area contributed by atoms with Gasteiger partial charge in [-0.25, -0.2) is 0 Å². The molecule has 1 aliphatic heterocycles. The first-order valence-electron chi connectivity index (χ1n) is 6.23. The second-order valence-electron chi connectivity index (χ2n) is 4.58. The molecule has 18 heavy (non-hydrogen) atoms. The predicted molar refractivity (Wildman–Crippen MR) is 79.1 cm³/mol. The largest absolute Gasteiger partial charge is 0.397 e. The topological polar surface area (TPSA) is 41.7 Å². The quantitative estimate of drug-likeness (QED) is 0.861. The van der Waals surface area contributed by atoms with E-state index in [1.54, 1.807) is 0 Å². The van der Waals surface area contributed by atoms with Crippen molar-refractivity contribution >= 4 is 27.3 Å². The minimum Gasteiger partial charge on any atom is -0.397 e. The van der Waals surface area contributed by atoms with Crippen molar-refractivity contribution in [2.24, 2.45) is 0 Å². The van der Waals surface area contributed by atoms with Gasteiger partial charge in [0.05, 0.1) is 24.6 Å². The molecule has 1 heterocycles. The van der Waals surface area contributed by atoms with Gasteiger partial charge in [0.25, 0.3) is 0 Å². The molecular weight excluding hydrogens is 294 g/mol. The second-order valence-corrected chi connectivity index (χ2v) is 5.49. The average molecular weight is 314 g/mol. The van der Waals surface area contributed by atoms with Gasteiger partial charge in [-0.05, 0) is 18.2 Å². The average Bonchev–Trinajstić information content (AvgIpc) is 2.37. The molecule has 0 amide bonds. The van der Waals surface area contributed by atoms with E-state index < -0.39 is 0 Å². The van der Waals surface area contributed by atoms with Gasteiger partial charge in [-0.2, -0.15) is 0 Å². The van der Waals surface area contributed by atoms with Crippen LogP contribution in [0.15, 0.2) is 22.7 Å². The molecule has 1 saturated heterocycles. The van der Waals surface area contributed by atoms with Crippen LogP contribution in [0.5, 0.6) is 0 Å². The summed E-state index contributed by atoms with van der Waals surface area (Å²) >= 11 is 3.43. The lowest BCUT2D eigenvalue weighted by Crippen LogP contribution is -2.40. The van der Waals surface area contributed by atoms with E-state index in [1.165, 1.54) is 0 Å². The summed E-state index contributed by atoms with van der Waals surface area (Å²) in [5.74, 6) is 0. The molecule has 2 N–H and O–H groups in total. The van der Waals surface area contributed by atoms with Gasteiger partial charge in [-0.3, -0.25) is 4.90 Å². The molecule has 1 aliphatic rings. The second kappa shape index (κ2) is 6.41. The van der Waals surface area contributed by atoms with Crippen molar-refractivity contribution in [1.82, 2.24) is 4.90 Å². The van der Waals surface area contributed by atoms with E-state index >= 15 is 0 Å². The third kappa shape index (κ3) is 3.60. The van der Waals surface area contributed by atoms with Gasteiger partial charge in [0.2, 0.25) is 0 Å². The highest BCUT2D eigenvalue weighted by Gasteiger charge is 2.12. The molecule has 1 aromatic carbocycles. The summed E-state index contributed by atoms with van der Waals surface area (Å²) in [5, 5.41) is 0. The maximum absolute atomic E-state index is 6.03. The smallest absolute Gasteiger partial charge is 0.0598 e. The fourth-order valence-corrected chi connectivity index (χ4v) is 2.49. The fourth-order valence-electron chi connectivity index (χ4n) is 2.11. The van der Waals surface area contributed by atoms with Crippen LogP contribution in [0.1, 0.15) is 0 Å². The minimum absolute atomic E-state index is 0.814. The lowest BCUT2D eigenvalue weighted by molar-refractivity contribution is 0.0393. The molecule has 4 nitrogen and oxygen atoms in total. The summed E-state index contributed by atoms with van der Waals surface area (Å²) in [5.41, 5.74) is 7.93. The Morgan fingerprint density at radius 3 is 2.78 bits per heavy atom. The standard InChI is InChI=1S/C13H20BrN3O/c1-16(4-5-17-6-8-18-9-7-17)13-3-2-11(14)10-12(13)15/h2-3,10H,4-9,15H2,1H3. The Morgan fingerprint density at radius 2 is 2.11 bits per heavy atom. The summed E-state index contributed by atoms with van der Waals surface area (Å²) in [4.78, 5) is 4.63. The van der Waals surface area contributed by atoms with Crippen LogP contribution in [0.4, 0.5) is 11.4 Å². The summed E-state index contributed by atoms with van der Waals surface area (Å²) in [6.45, 7) is 5.79. The summed E-state index contributed by atoms with van der Waals surface area (Å²) in [7, 11) is 2.08. The first-order valence-corrected chi connectivity index (χ1v) is 7.02. The van der Waals surface area contributed by atoms with Crippen molar-refractivity contribution in [2.75, 3.05) is 57.1 Å². The highest BCUT2D eigenvalue weighted by molar-refractivity contribution is 9.10.